The number of nitrogens with zero attached hydrogens (tertiary/aromatic N) is 1. The summed E-state index contributed by atoms with van der Waals surface area (Å²) in [4.78, 5) is 25.4. The number of rotatable bonds is 3. The van der Waals surface area contributed by atoms with E-state index in [-0.39, 0.29) is 0 Å². The largest absolute Gasteiger partial charge is 0.375 e. The van der Waals surface area contributed by atoms with Crippen LogP contribution in [0.3, 0.4) is 0 Å². The molecule has 0 saturated heterocycles. The zero-order chi connectivity index (χ0) is 9.02. The van der Waals surface area contributed by atoms with Crippen molar-refractivity contribution in [2.45, 2.75) is 6.10 Å². The van der Waals surface area contributed by atoms with Crippen molar-refractivity contribution in [3.63, 3.8) is 0 Å². The Kier molecular flexibility index (Phi) is 3.49. The van der Waals surface area contributed by atoms with Gasteiger partial charge in [0, 0.05) is 7.05 Å². The van der Waals surface area contributed by atoms with Gasteiger partial charge in [0.1, 0.15) is 0 Å². The second-order valence-electron chi connectivity index (χ2n) is 1.82. The zero-order valence-corrected chi connectivity index (χ0v) is 6.27. The first-order valence-corrected chi connectivity index (χ1v) is 2.79. The topological polar surface area (TPSA) is 92.9 Å². The van der Waals surface area contributed by atoms with Crippen LogP contribution in [-0.4, -0.2) is 42.2 Å². The molecule has 0 aliphatic rings. The number of carbonyl (C=O) groups excluding carboxylic acids is 2. The summed E-state index contributed by atoms with van der Waals surface area (Å²) in [6.07, 6.45) is -1.83. The Labute approximate surface area is 63.5 Å². The van der Waals surface area contributed by atoms with Crippen LogP contribution >= 0.6 is 0 Å². The third kappa shape index (κ3) is 2.52. The van der Waals surface area contributed by atoms with Gasteiger partial charge in [0.2, 0.25) is 6.10 Å². The Morgan fingerprint density at radius 1 is 1.64 bits per heavy atom. The highest BCUT2D eigenvalue weighted by atomic mass is 16.7. The lowest BCUT2D eigenvalue weighted by atomic mass is 10.3. The van der Waals surface area contributed by atoms with E-state index in [1.807, 2.05) is 0 Å². The number of hydrogen-bond donors (Lipinski definition) is 2. The predicted octanol–water partition coefficient (Wildman–Crippen LogP) is -2.15. The van der Waals surface area contributed by atoms with Crippen molar-refractivity contribution in [3.05, 3.63) is 0 Å². The first-order chi connectivity index (χ1) is 5.00. The molecule has 64 valence electrons. The van der Waals surface area contributed by atoms with E-state index >= 15 is 0 Å². The van der Waals surface area contributed by atoms with Gasteiger partial charge < -0.3 is 10.8 Å². The Bertz CT molecular complexity index is 170. The molecule has 0 rings (SSSR count). The third-order valence-corrected chi connectivity index (χ3v) is 1.09. The number of carbonyl (C=O) groups is 2. The quantitative estimate of drug-likeness (QED) is 0.365. The molecule has 0 fully saturated rings. The predicted molar refractivity (Wildman–Crippen MR) is 35.0 cm³/mol. The first-order valence-electron chi connectivity index (χ1n) is 2.79. The average Bonchev–Trinajstić information content (AvgIpc) is 2.00. The highest BCUT2D eigenvalue weighted by molar-refractivity contribution is 6.01. The molecule has 6 heteroatoms. The molecule has 0 radical (unpaired) electrons. The molecular formula is C5H10N2O4. The average molecular weight is 162 g/mol. The standard InChI is InChI=1S/C5H10N2O4/c1-7(11-2)5(10)3(8)4(6)9/h3,8H,1-2H3,(H2,6,9)/t3-/m0/s1. The summed E-state index contributed by atoms with van der Waals surface area (Å²) >= 11 is 0. The fourth-order valence-electron chi connectivity index (χ4n) is 0.384. The zero-order valence-electron chi connectivity index (χ0n) is 6.27. The molecule has 0 aromatic carbocycles. The maximum absolute atomic E-state index is 10.8. The maximum Gasteiger partial charge on any atom is 0.284 e. The van der Waals surface area contributed by atoms with Crippen LogP contribution in [0.2, 0.25) is 0 Å². The van der Waals surface area contributed by atoms with Crippen LogP contribution in [0.15, 0.2) is 0 Å². The smallest absolute Gasteiger partial charge is 0.284 e. The van der Waals surface area contributed by atoms with E-state index in [0.29, 0.717) is 0 Å². The maximum atomic E-state index is 10.8. The normalized spacial score (nSPS) is 12.3. The van der Waals surface area contributed by atoms with Crippen LogP contribution in [0, 0.1) is 0 Å². The van der Waals surface area contributed by atoms with Gasteiger partial charge in [0.25, 0.3) is 11.8 Å². The number of amides is 2. The molecule has 0 unspecified atom stereocenters. The molecule has 0 spiro atoms. The van der Waals surface area contributed by atoms with E-state index in [1.165, 1.54) is 14.2 Å². The van der Waals surface area contributed by atoms with Gasteiger partial charge in [-0.3, -0.25) is 14.4 Å². The summed E-state index contributed by atoms with van der Waals surface area (Å²) in [7, 11) is 2.49. The second-order valence-corrected chi connectivity index (χ2v) is 1.82. The van der Waals surface area contributed by atoms with Crippen LogP contribution in [0.1, 0.15) is 0 Å². The summed E-state index contributed by atoms with van der Waals surface area (Å²) < 4.78 is 0. The van der Waals surface area contributed by atoms with Crippen molar-refractivity contribution in [1.29, 1.82) is 0 Å². The van der Waals surface area contributed by atoms with Gasteiger partial charge in [-0.2, -0.15) is 0 Å². The highest BCUT2D eigenvalue weighted by Gasteiger charge is 2.24. The van der Waals surface area contributed by atoms with Crippen molar-refractivity contribution < 1.29 is 19.5 Å². The second kappa shape index (κ2) is 3.89. The minimum Gasteiger partial charge on any atom is -0.375 e. The molecule has 0 bridgehead atoms. The Morgan fingerprint density at radius 2 is 2.09 bits per heavy atom. The van der Waals surface area contributed by atoms with E-state index in [0.717, 1.165) is 5.06 Å². The Morgan fingerprint density at radius 3 is 2.36 bits per heavy atom. The number of aliphatic hydroxyl groups is 1. The monoisotopic (exact) mass is 162 g/mol. The van der Waals surface area contributed by atoms with Crippen LogP contribution in [0.5, 0.6) is 0 Å². The fourth-order valence-corrected chi connectivity index (χ4v) is 0.384. The Hall–Kier alpha value is -1.14. The molecule has 0 saturated carbocycles. The number of primary amides is 1. The van der Waals surface area contributed by atoms with Gasteiger partial charge in [-0.25, -0.2) is 5.06 Å². The molecule has 6 nitrogen and oxygen atoms in total. The molecular weight excluding hydrogens is 152 g/mol. The molecule has 0 heterocycles. The van der Waals surface area contributed by atoms with Crippen molar-refractivity contribution in [2.75, 3.05) is 14.2 Å². The van der Waals surface area contributed by atoms with E-state index in [9.17, 15) is 9.59 Å². The van der Waals surface area contributed by atoms with Crippen LogP contribution in [0.4, 0.5) is 0 Å². The Balaban J connectivity index is 4.13. The molecule has 2 amide bonds. The third-order valence-electron chi connectivity index (χ3n) is 1.09. The van der Waals surface area contributed by atoms with Gasteiger partial charge in [-0.15, -0.1) is 0 Å². The molecule has 0 aliphatic heterocycles. The number of hydroxylamine groups is 2. The summed E-state index contributed by atoms with van der Waals surface area (Å²) in [6, 6.07) is 0. The van der Waals surface area contributed by atoms with E-state index in [2.05, 4.69) is 10.6 Å². The number of likely N-dealkylation sites (N-methyl/N-ethyl adjacent to an activating group) is 1. The number of aliphatic hydroxyl groups excluding tert-OH is 1. The van der Waals surface area contributed by atoms with Crippen molar-refractivity contribution >= 4 is 11.8 Å². The van der Waals surface area contributed by atoms with Crippen molar-refractivity contribution in [1.82, 2.24) is 5.06 Å². The SMILES string of the molecule is CON(C)C(=O)[C@@H](O)C(N)=O. The molecule has 0 aliphatic carbocycles. The first kappa shape index (κ1) is 9.86. The van der Waals surface area contributed by atoms with E-state index in [1.54, 1.807) is 0 Å². The molecule has 1 atom stereocenters. The van der Waals surface area contributed by atoms with Gasteiger partial charge in [0.15, 0.2) is 0 Å². The van der Waals surface area contributed by atoms with E-state index in [4.69, 9.17) is 5.11 Å². The minimum atomic E-state index is -1.83. The number of nitrogens with two attached hydrogens (primary N) is 1. The van der Waals surface area contributed by atoms with E-state index < -0.39 is 17.9 Å². The lowest BCUT2D eigenvalue weighted by Gasteiger charge is -2.15. The summed E-state index contributed by atoms with van der Waals surface area (Å²) in [5.41, 5.74) is 4.64. The number of hydrogen-bond acceptors (Lipinski definition) is 4. The van der Waals surface area contributed by atoms with Gasteiger partial charge in [0.05, 0.1) is 7.11 Å². The molecule has 0 aromatic rings. The molecule has 0 aromatic heterocycles. The highest BCUT2D eigenvalue weighted by Crippen LogP contribution is 1.90. The lowest BCUT2D eigenvalue weighted by Crippen LogP contribution is -2.43. The summed E-state index contributed by atoms with van der Waals surface area (Å²) in [5.74, 6) is -1.99. The summed E-state index contributed by atoms with van der Waals surface area (Å²) in [5, 5.41) is 9.47. The minimum absolute atomic E-state index is 0.718. The molecule has 3 N–H and O–H groups in total. The van der Waals surface area contributed by atoms with Gasteiger partial charge in [-0.05, 0) is 0 Å². The van der Waals surface area contributed by atoms with Gasteiger partial charge >= 0.3 is 0 Å². The van der Waals surface area contributed by atoms with Crippen molar-refractivity contribution in [3.8, 4) is 0 Å². The van der Waals surface area contributed by atoms with Gasteiger partial charge in [-0.1, -0.05) is 0 Å². The molecule has 11 heavy (non-hydrogen) atoms. The lowest BCUT2D eigenvalue weighted by molar-refractivity contribution is -0.179. The van der Waals surface area contributed by atoms with Crippen LogP contribution < -0.4 is 5.73 Å². The fraction of sp³-hybridized carbons (Fsp3) is 0.600. The van der Waals surface area contributed by atoms with Crippen molar-refractivity contribution in [2.24, 2.45) is 5.73 Å². The van der Waals surface area contributed by atoms with Crippen LogP contribution in [-0.2, 0) is 14.4 Å². The summed E-state index contributed by atoms with van der Waals surface area (Å²) in [6.45, 7) is 0. The van der Waals surface area contributed by atoms with Crippen LogP contribution in [0.25, 0.3) is 0 Å².